The van der Waals surface area contributed by atoms with E-state index in [1.807, 2.05) is 65.7 Å². The minimum atomic E-state index is -1.48. The maximum absolute atomic E-state index is 12.7. The van der Waals surface area contributed by atoms with Crippen LogP contribution in [0.5, 0.6) is 0 Å². The fourth-order valence-corrected chi connectivity index (χ4v) is 17.4. The van der Waals surface area contributed by atoms with Crippen LogP contribution in [-0.2, 0) is 44.7 Å². The van der Waals surface area contributed by atoms with Crippen molar-refractivity contribution >= 4 is 201 Å². The van der Waals surface area contributed by atoms with Gasteiger partial charge in [-0.2, -0.15) is 9.59 Å². The van der Waals surface area contributed by atoms with E-state index in [0.29, 0.717) is 50.8 Å². The lowest BCUT2D eigenvalue weighted by Gasteiger charge is -2.32. The zero-order valence-corrected chi connectivity index (χ0v) is 77.8. The number of pyridine rings is 3. The molecule has 3 amide bonds. The summed E-state index contributed by atoms with van der Waals surface area (Å²) < 4.78 is 15.4. The van der Waals surface area contributed by atoms with Crippen LogP contribution in [0.25, 0.3) is 53.6 Å². The molecule has 0 unspecified atom stereocenters. The zero-order chi connectivity index (χ0) is 87.2. The fraction of sp³-hybridized carbons (Fsp3) is 0.282. The van der Waals surface area contributed by atoms with Gasteiger partial charge in [-0.1, -0.05) is 145 Å². The summed E-state index contributed by atoms with van der Waals surface area (Å²) in [5.41, 5.74) is 11.8. The van der Waals surface area contributed by atoms with Crippen molar-refractivity contribution in [3.8, 4) is 53.6 Å². The molecule has 0 spiro atoms. The second-order valence-corrected chi connectivity index (χ2v) is 39.0. The maximum atomic E-state index is 12.7. The van der Waals surface area contributed by atoms with Crippen molar-refractivity contribution < 1.29 is 63.1 Å². The minimum Gasteiger partial charge on any atom is -0.478 e. The highest BCUT2D eigenvalue weighted by atomic mass is 79.9. The van der Waals surface area contributed by atoms with Crippen LogP contribution >= 0.6 is 140 Å². The number of halogens is 7. The van der Waals surface area contributed by atoms with Crippen LogP contribution in [0.3, 0.4) is 0 Å². The van der Waals surface area contributed by atoms with Crippen LogP contribution < -0.4 is 26.9 Å². The van der Waals surface area contributed by atoms with Gasteiger partial charge >= 0.3 is 32.3 Å². The number of nitrogens with zero attached hydrogens (tertiary/aromatic N) is 4. The van der Waals surface area contributed by atoms with Gasteiger partial charge in [-0.3, -0.25) is 29.3 Å². The normalized spacial score (nSPS) is 13.8. The number of amides is 3. The Morgan fingerprint density at radius 3 is 1.31 bits per heavy atom. The minimum absolute atomic E-state index is 0.00909. The molecular formula is C85H88B2Br3Cl4N7O13S4. The van der Waals surface area contributed by atoms with Gasteiger partial charge in [0.25, 0.3) is 5.91 Å². The van der Waals surface area contributed by atoms with Gasteiger partial charge in [0, 0.05) is 145 Å². The first-order chi connectivity index (χ1) is 55.4. The first-order valence-electron chi connectivity index (χ1n) is 36.5. The van der Waals surface area contributed by atoms with Gasteiger partial charge in [0.15, 0.2) is 0 Å². The van der Waals surface area contributed by atoms with Gasteiger partial charge in [-0.15, -0.1) is 45.3 Å². The largest absolute Gasteiger partial charge is 0.494 e. The molecule has 3 aliphatic rings. The van der Waals surface area contributed by atoms with Crippen molar-refractivity contribution in [2.75, 3.05) is 39.3 Å². The highest BCUT2D eigenvalue weighted by molar-refractivity contribution is 9.11. The second-order valence-electron chi connectivity index (χ2n) is 30.5. The number of hydrogen-bond donors (Lipinski definition) is 7. The highest BCUT2D eigenvalue weighted by Gasteiger charge is 2.52. The quantitative estimate of drug-likeness (QED) is 0.0626. The molecule has 7 N–H and O–H groups in total. The number of rotatable bonds is 10. The lowest BCUT2D eigenvalue weighted by molar-refractivity contribution is -0.191. The highest BCUT2D eigenvalue weighted by Crippen LogP contribution is 2.42. The summed E-state index contributed by atoms with van der Waals surface area (Å²) >= 11 is 40.9. The summed E-state index contributed by atoms with van der Waals surface area (Å²) in [6, 6.07) is 42.0. The third-order valence-corrected chi connectivity index (χ3v) is 25.2. The summed E-state index contributed by atoms with van der Waals surface area (Å²) in [5, 5.41) is 53.5. The van der Waals surface area contributed by atoms with Crippen LogP contribution in [0.15, 0.2) is 192 Å². The van der Waals surface area contributed by atoms with Crippen molar-refractivity contribution in [3.63, 3.8) is 0 Å². The van der Waals surface area contributed by atoms with E-state index in [9.17, 15) is 24.0 Å². The molecule has 0 bridgehead atoms. The number of carbonyl (C=O) groups excluding carboxylic acids is 5. The number of nitrogens with one attached hydrogen (secondary N) is 3. The lowest BCUT2D eigenvalue weighted by atomic mass is 9.77. The molecule has 3 aliphatic heterocycles. The molecule has 20 nitrogen and oxygen atoms in total. The fourth-order valence-electron chi connectivity index (χ4n) is 10.8. The molecule has 0 aliphatic carbocycles. The Balaban J connectivity index is 0.000000199. The van der Waals surface area contributed by atoms with E-state index in [1.165, 1.54) is 15.9 Å². The summed E-state index contributed by atoms with van der Waals surface area (Å²) in [4.78, 5) is 90.6. The second kappa shape index (κ2) is 44.3. The van der Waals surface area contributed by atoms with Crippen LogP contribution in [0.4, 0.5) is 0 Å². The summed E-state index contributed by atoms with van der Waals surface area (Å²) in [7, 11) is -1.79. The molecule has 0 radical (unpaired) electrons. The van der Waals surface area contributed by atoms with Gasteiger partial charge in [-0.25, -0.2) is 9.59 Å². The molecule has 118 heavy (non-hydrogen) atoms. The number of hydrogen-bond acceptors (Lipinski definition) is 19. The molecular weight excluding hydrogens is 1860 g/mol. The van der Waals surface area contributed by atoms with Crippen molar-refractivity contribution in [2.24, 2.45) is 0 Å². The number of carbonyl (C=O) groups is 5. The van der Waals surface area contributed by atoms with E-state index < -0.39 is 19.1 Å². The van der Waals surface area contributed by atoms with Crippen molar-refractivity contribution in [1.82, 2.24) is 35.8 Å². The molecule has 3 saturated heterocycles. The van der Waals surface area contributed by atoms with Crippen molar-refractivity contribution in [3.05, 3.63) is 246 Å². The standard InChI is InChI=1S/C24H24ClN3O2S.C20H18ClNO2S.C15H24BNO2.C11H6BrClO2S.C6H6BClO2.C4H2Br2S.C4H8N2O.CO2/c1-24(2,3)21-12-15(6-7-26-21)17-11-20(31-14-17)18-5-4-16(10-19(18)25)23(30)28-9-8-27-22(29)13-28;1-20(2,3)18-10-12(6-7-22-18)14-9-17(25-11-14)15-5-4-13(19(23)24)8-16(15)21;1-13(2,3)12-10-11(8-9-17-12)16-18-14(4,5)15(6,7)19-16;12-7-4-10(16-5-7)8-2-1-6(11(14)15)3-9(8)13;8-6-4-2-1-3-5(6)7(9)10;5-3-1-4(6)7-2-3;7-4-3-5-1-2-6-4;2-1-3/h4-7,10-12,14H,8-9,13H2,1-3H3,(H,27,29);4-11H,1-3H3,(H,23,24);8-10H,1-7H3;1-5H,(H,14,15);1-4,9-10H;1-2H;5H,1-3H2,(H,6,7);. The predicted molar refractivity (Wildman–Crippen MR) is 489 cm³/mol. The lowest BCUT2D eigenvalue weighted by Crippen LogP contribution is -2.49. The number of benzene rings is 4. The van der Waals surface area contributed by atoms with Gasteiger partial charge in [0.05, 0.1) is 54.3 Å². The Kier molecular flexibility index (Phi) is 36.6. The van der Waals surface area contributed by atoms with Crippen LogP contribution in [-0.4, -0.2) is 141 Å². The smallest absolute Gasteiger partial charge is 0.478 e. The molecule has 11 aromatic rings. The van der Waals surface area contributed by atoms with E-state index in [4.69, 9.17) is 85.6 Å². The van der Waals surface area contributed by atoms with Gasteiger partial charge in [-0.05, 0) is 217 Å². The molecule has 7 aromatic heterocycles. The van der Waals surface area contributed by atoms with Gasteiger partial charge in [0.2, 0.25) is 11.8 Å². The Labute approximate surface area is 749 Å². The third-order valence-electron chi connectivity index (χ3n) is 18.0. The van der Waals surface area contributed by atoms with Crippen molar-refractivity contribution in [2.45, 2.75) is 117 Å². The number of carboxylic acid groups (broad SMARTS) is 2. The van der Waals surface area contributed by atoms with E-state index in [1.54, 1.807) is 111 Å². The van der Waals surface area contributed by atoms with Crippen molar-refractivity contribution in [1.29, 1.82) is 0 Å². The summed E-state index contributed by atoms with van der Waals surface area (Å²) in [6.07, 6.45) is 5.77. The van der Waals surface area contributed by atoms with E-state index in [-0.39, 0.29) is 76.1 Å². The molecule has 33 heteroatoms. The van der Waals surface area contributed by atoms with Crippen LogP contribution in [0.2, 0.25) is 20.1 Å². The first kappa shape index (κ1) is 97.5. The number of aromatic carboxylic acids is 2. The molecule has 0 saturated carbocycles. The molecule has 14 rings (SSSR count). The molecule has 0 atom stereocenters. The van der Waals surface area contributed by atoms with Crippen LogP contribution in [0, 0.1) is 0 Å². The van der Waals surface area contributed by atoms with Crippen LogP contribution in [0.1, 0.15) is 138 Å². The predicted octanol–water partition coefficient (Wildman–Crippen LogP) is 19.7. The third kappa shape index (κ3) is 29.1. The monoisotopic (exact) mass is 1940 g/mol. The number of carboxylic acids is 2. The summed E-state index contributed by atoms with van der Waals surface area (Å²) in [5.74, 6) is -2.17. The average Bonchev–Trinajstić information content (AvgIpc) is 1.62. The Morgan fingerprint density at radius 1 is 0.517 bits per heavy atom. The zero-order valence-electron chi connectivity index (χ0n) is 66.7. The number of aromatic nitrogens is 3. The summed E-state index contributed by atoms with van der Waals surface area (Å²) in [6.45, 7) is 30.8. The number of piperazine rings is 2. The Hall–Kier alpha value is -7.61. The maximum Gasteiger partial charge on any atom is 0.494 e. The molecule has 10 heterocycles. The molecule has 4 aromatic carbocycles. The first-order valence-corrected chi connectivity index (χ1v) is 43.9. The van der Waals surface area contributed by atoms with Gasteiger partial charge < -0.3 is 50.4 Å². The molecule has 620 valence electrons. The Morgan fingerprint density at radius 2 is 0.941 bits per heavy atom. The van der Waals surface area contributed by atoms with Gasteiger partial charge in [0.1, 0.15) is 0 Å². The average molecular weight is 1950 g/mol. The van der Waals surface area contributed by atoms with E-state index >= 15 is 0 Å². The Bertz CT molecular complexity index is 5290. The number of thiophene rings is 4. The topological polar surface area (TPSA) is 297 Å². The van der Waals surface area contributed by atoms with E-state index in [0.717, 1.165) is 98.2 Å². The SMILES string of the molecule is Brc1csc(Br)c1.CC(C)(C)c1cc(-c2csc(-c3ccc(C(=O)N4CCNC(=O)C4)cc3Cl)c2)ccn1.CC(C)(C)c1cc(-c2csc(-c3ccc(C(=O)O)cc3Cl)c2)ccn1.CC(C)(C)c1cc(B2OC(C)(C)C(C)(C)O2)ccn1.O=C(O)c1ccc(-c2cc(Br)cs2)c(Cl)c1.O=C1CNCCN1.O=C=O.OB(O)c1ccccc1Cl. The van der Waals surface area contributed by atoms with E-state index in [2.05, 4.69) is 210 Å². The molecule has 3 fully saturated rings.